The van der Waals surface area contributed by atoms with Gasteiger partial charge in [0.05, 0.1) is 17.8 Å². The SMILES string of the molecule is CC(C)(C)c1c(N)nnn1Cc1ccc(C(F)(F)F)cc1. The van der Waals surface area contributed by atoms with E-state index in [1.807, 2.05) is 20.8 Å². The predicted octanol–water partition coefficient (Wildman–Crippen LogP) is 3.22. The number of nitrogens with zero attached hydrogens (tertiary/aromatic N) is 3. The van der Waals surface area contributed by atoms with Crippen LogP contribution in [-0.4, -0.2) is 15.0 Å². The first-order valence-corrected chi connectivity index (χ1v) is 6.44. The van der Waals surface area contributed by atoms with Crippen molar-refractivity contribution in [2.75, 3.05) is 5.73 Å². The number of hydrogen-bond donors (Lipinski definition) is 1. The van der Waals surface area contributed by atoms with Crippen LogP contribution in [0, 0.1) is 0 Å². The molecule has 1 aromatic carbocycles. The Labute approximate surface area is 120 Å². The van der Waals surface area contributed by atoms with Gasteiger partial charge in [-0.25, -0.2) is 4.68 Å². The number of hydrogen-bond acceptors (Lipinski definition) is 3. The van der Waals surface area contributed by atoms with Gasteiger partial charge < -0.3 is 5.73 Å². The highest BCUT2D eigenvalue weighted by Crippen LogP contribution is 2.30. The third-order valence-electron chi connectivity index (χ3n) is 3.09. The van der Waals surface area contributed by atoms with Crippen LogP contribution in [0.15, 0.2) is 24.3 Å². The van der Waals surface area contributed by atoms with Crippen molar-refractivity contribution in [2.24, 2.45) is 0 Å². The molecule has 1 aromatic heterocycles. The van der Waals surface area contributed by atoms with E-state index in [0.717, 1.165) is 17.8 Å². The summed E-state index contributed by atoms with van der Waals surface area (Å²) in [5.74, 6) is 0.342. The number of benzene rings is 1. The number of nitrogen functional groups attached to an aromatic ring is 1. The molecule has 0 radical (unpaired) electrons. The van der Waals surface area contributed by atoms with Crippen LogP contribution in [0.4, 0.5) is 19.0 Å². The van der Waals surface area contributed by atoms with Crippen molar-refractivity contribution in [1.29, 1.82) is 0 Å². The second-order valence-corrected chi connectivity index (χ2v) is 5.93. The third kappa shape index (κ3) is 3.34. The molecule has 2 aromatic rings. The molecule has 0 amide bonds. The van der Waals surface area contributed by atoms with E-state index in [1.165, 1.54) is 12.1 Å². The normalized spacial score (nSPS) is 12.7. The van der Waals surface area contributed by atoms with Gasteiger partial charge in [0.2, 0.25) is 0 Å². The van der Waals surface area contributed by atoms with Crippen molar-refractivity contribution in [3.05, 3.63) is 41.1 Å². The first-order chi connectivity index (χ1) is 9.59. The molecular formula is C14H17F3N4. The van der Waals surface area contributed by atoms with Crippen LogP contribution in [0.25, 0.3) is 0 Å². The minimum absolute atomic E-state index is 0.251. The molecule has 0 bridgehead atoms. The lowest BCUT2D eigenvalue weighted by molar-refractivity contribution is -0.137. The van der Waals surface area contributed by atoms with E-state index in [-0.39, 0.29) is 5.41 Å². The summed E-state index contributed by atoms with van der Waals surface area (Å²) in [6.07, 6.45) is -4.33. The topological polar surface area (TPSA) is 56.7 Å². The molecule has 4 nitrogen and oxygen atoms in total. The Morgan fingerprint density at radius 2 is 1.67 bits per heavy atom. The minimum atomic E-state index is -4.33. The molecule has 0 saturated heterocycles. The molecule has 2 rings (SSSR count). The predicted molar refractivity (Wildman–Crippen MR) is 73.7 cm³/mol. The lowest BCUT2D eigenvalue weighted by atomic mass is 9.91. The summed E-state index contributed by atoms with van der Waals surface area (Å²) in [4.78, 5) is 0. The Hall–Kier alpha value is -2.05. The van der Waals surface area contributed by atoms with Crippen molar-refractivity contribution in [3.63, 3.8) is 0 Å². The fraction of sp³-hybridized carbons (Fsp3) is 0.429. The van der Waals surface area contributed by atoms with Crippen LogP contribution >= 0.6 is 0 Å². The van der Waals surface area contributed by atoms with Gasteiger partial charge in [-0.15, -0.1) is 5.10 Å². The fourth-order valence-corrected chi connectivity index (χ4v) is 2.18. The van der Waals surface area contributed by atoms with E-state index in [9.17, 15) is 13.2 Å². The Morgan fingerprint density at radius 1 is 1.10 bits per heavy atom. The van der Waals surface area contributed by atoms with Gasteiger partial charge >= 0.3 is 6.18 Å². The van der Waals surface area contributed by atoms with E-state index >= 15 is 0 Å². The molecule has 0 atom stereocenters. The van der Waals surface area contributed by atoms with Crippen molar-refractivity contribution < 1.29 is 13.2 Å². The molecule has 7 heteroatoms. The Balaban J connectivity index is 2.28. The fourth-order valence-electron chi connectivity index (χ4n) is 2.18. The highest BCUT2D eigenvalue weighted by molar-refractivity contribution is 5.38. The molecule has 0 spiro atoms. The zero-order valence-electron chi connectivity index (χ0n) is 12.1. The quantitative estimate of drug-likeness (QED) is 0.926. The van der Waals surface area contributed by atoms with Gasteiger partial charge in [0.15, 0.2) is 5.82 Å². The molecule has 21 heavy (non-hydrogen) atoms. The van der Waals surface area contributed by atoms with E-state index in [2.05, 4.69) is 10.3 Å². The van der Waals surface area contributed by atoms with Crippen LogP contribution in [0.5, 0.6) is 0 Å². The van der Waals surface area contributed by atoms with Gasteiger partial charge in [0.25, 0.3) is 0 Å². The summed E-state index contributed by atoms with van der Waals surface area (Å²) in [6, 6.07) is 5.00. The van der Waals surface area contributed by atoms with Crippen molar-refractivity contribution in [2.45, 2.75) is 38.9 Å². The molecular weight excluding hydrogens is 281 g/mol. The highest BCUT2D eigenvalue weighted by Gasteiger charge is 2.30. The van der Waals surface area contributed by atoms with Gasteiger partial charge in [0, 0.05) is 5.41 Å². The largest absolute Gasteiger partial charge is 0.416 e. The highest BCUT2D eigenvalue weighted by atomic mass is 19.4. The smallest absolute Gasteiger partial charge is 0.381 e. The maximum atomic E-state index is 12.5. The molecule has 0 aliphatic rings. The lowest BCUT2D eigenvalue weighted by Gasteiger charge is -2.20. The summed E-state index contributed by atoms with van der Waals surface area (Å²) in [6.45, 7) is 6.26. The van der Waals surface area contributed by atoms with Crippen LogP contribution in [0.2, 0.25) is 0 Å². The average molecular weight is 298 g/mol. The second-order valence-electron chi connectivity index (χ2n) is 5.93. The summed E-state index contributed by atoms with van der Waals surface area (Å²) in [5, 5.41) is 7.81. The number of alkyl halides is 3. The number of rotatable bonds is 2. The van der Waals surface area contributed by atoms with Crippen LogP contribution in [0.3, 0.4) is 0 Å². The number of nitrogens with two attached hydrogens (primary N) is 1. The maximum Gasteiger partial charge on any atom is 0.416 e. The van der Waals surface area contributed by atoms with Crippen molar-refractivity contribution in [3.8, 4) is 0 Å². The van der Waals surface area contributed by atoms with Gasteiger partial charge in [-0.2, -0.15) is 13.2 Å². The van der Waals surface area contributed by atoms with Crippen LogP contribution in [-0.2, 0) is 18.1 Å². The first kappa shape index (κ1) is 15.3. The van der Waals surface area contributed by atoms with E-state index in [4.69, 9.17) is 5.73 Å². The van der Waals surface area contributed by atoms with Crippen LogP contribution < -0.4 is 5.73 Å². The lowest BCUT2D eigenvalue weighted by Crippen LogP contribution is -2.20. The molecule has 2 N–H and O–H groups in total. The molecule has 0 fully saturated rings. The monoisotopic (exact) mass is 298 g/mol. The van der Waals surface area contributed by atoms with E-state index in [1.54, 1.807) is 4.68 Å². The van der Waals surface area contributed by atoms with Gasteiger partial charge in [-0.1, -0.05) is 38.1 Å². The maximum absolute atomic E-state index is 12.5. The minimum Gasteiger partial charge on any atom is -0.381 e. The summed E-state index contributed by atoms with van der Waals surface area (Å²) >= 11 is 0. The molecule has 0 aliphatic heterocycles. The Kier molecular flexibility index (Phi) is 3.69. The standard InChI is InChI=1S/C14H17F3N4/c1-13(2,3)11-12(18)19-20-21(11)8-9-4-6-10(7-5-9)14(15,16)17/h4-7H,8,18H2,1-3H3. The van der Waals surface area contributed by atoms with Gasteiger partial charge in [-0.05, 0) is 17.7 Å². The Morgan fingerprint density at radius 3 is 2.14 bits per heavy atom. The van der Waals surface area contributed by atoms with Crippen molar-refractivity contribution >= 4 is 5.82 Å². The number of anilines is 1. The molecule has 0 unspecified atom stereocenters. The van der Waals surface area contributed by atoms with Crippen molar-refractivity contribution in [1.82, 2.24) is 15.0 Å². The van der Waals surface area contributed by atoms with Gasteiger partial charge in [-0.3, -0.25) is 0 Å². The molecule has 0 saturated carbocycles. The molecule has 114 valence electrons. The zero-order valence-corrected chi connectivity index (χ0v) is 12.1. The Bertz CT molecular complexity index is 621. The third-order valence-corrected chi connectivity index (χ3v) is 3.09. The van der Waals surface area contributed by atoms with E-state index in [0.29, 0.717) is 17.9 Å². The first-order valence-electron chi connectivity index (χ1n) is 6.44. The molecule has 1 heterocycles. The summed E-state index contributed by atoms with van der Waals surface area (Å²) < 4.78 is 39.2. The van der Waals surface area contributed by atoms with Crippen LogP contribution in [0.1, 0.15) is 37.6 Å². The number of halogens is 3. The zero-order chi connectivity index (χ0) is 15.8. The van der Waals surface area contributed by atoms with E-state index < -0.39 is 11.7 Å². The average Bonchev–Trinajstić information content (AvgIpc) is 2.69. The van der Waals surface area contributed by atoms with Gasteiger partial charge in [0.1, 0.15) is 0 Å². The second kappa shape index (κ2) is 5.05. The summed E-state index contributed by atoms with van der Waals surface area (Å²) in [7, 11) is 0. The summed E-state index contributed by atoms with van der Waals surface area (Å²) in [5.41, 5.74) is 6.38. The molecule has 0 aliphatic carbocycles. The number of aromatic nitrogens is 3.